The predicted molar refractivity (Wildman–Crippen MR) is 77.9 cm³/mol. The molecule has 6 heteroatoms. The maximum atomic E-state index is 12.1. The van der Waals surface area contributed by atoms with E-state index in [4.69, 9.17) is 0 Å². The van der Waals surface area contributed by atoms with Crippen LogP contribution in [0, 0.1) is 5.92 Å². The number of rotatable bonds is 3. The Balaban J connectivity index is 2.06. The highest BCUT2D eigenvalue weighted by atomic mass is 79.9. The normalized spacial score (nSPS) is 23.4. The Labute approximate surface area is 126 Å². The van der Waals surface area contributed by atoms with Crippen LogP contribution in [-0.2, 0) is 11.2 Å². The number of imide groups is 1. The first kappa shape index (κ1) is 15.0. The minimum absolute atomic E-state index is 0.322. The summed E-state index contributed by atoms with van der Waals surface area (Å²) >= 11 is 3.37. The first-order chi connectivity index (χ1) is 9.41. The van der Waals surface area contributed by atoms with E-state index in [9.17, 15) is 14.7 Å². The third-order valence-electron chi connectivity index (χ3n) is 3.65. The SMILES string of the molecule is CN1C(=O)[C@@H](CCc2ccc(Br)cc2)[C@@H](O)N(C)C1=O. The number of aryl methyl sites for hydroxylation is 1. The highest BCUT2D eigenvalue weighted by Gasteiger charge is 2.41. The second-order valence-corrected chi connectivity index (χ2v) is 5.89. The number of amides is 3. The van der Waals surface area contributed by atoms with Crippen LogP contribution in [0.2, 0.25) is 0 Å². The molecule has 2 atom stereocenters. The summed E-state index contributed by atoms with van der Waals surface area (Å²) in [5.74, 6) is -0.899. The van der Waals surface area contributed by atoms with Gasteiger partial charge < -0.3 is 10.0 Å². The average molecular weight is 341 g/mol. The van der Waals surface area contributed by atoms with Crippen LogP contribution in [0.1, 0.15) is 12.0 Å². The van der Waals surface area contributed by atoms with E-state index in [2.05, 4.69) is 15.9 Å². The fraction of sp³-hybridized carbons (Fsp3) is 0.429. The highest BCUT2D eigenvalue weighted by molar-refractivity contribution is 9.10. The molecule has 1 aliphatic rings. The van der Waals surface area contributed by atoms with Gasteiger partial charge in [0, 0.05) is 18.6 Å². The lowest BCUT2D eigenvalue weighted by Crippen LogP contribution is -2.59. The zero-order valence-electron chi connectivity index (χ0n) is 11.4. The fourth-order valence-electron chi connectivity index (χ4n) is 2.34. The van der Waals surface area contributed by atoms with Crippen LogP contribution in [0.3, 0.4) is 0 Å². The molecule has 0 spiro atoms. The number of carbonyl (C=O) groups excluding carboxylic acids is 2. The summed E-state index contributed by atoms with van der Waals surface area (Å²) in [7, 11) is 2.95. The molecule has 0 aromatic heterocycles. The molecule has 1 saturated heterocycles. The van der Waals surface area contributed by atoms with Gasteiger partial charge in [-0.3, -0.25) is 9.69 Å². The third-order valence-corrected chi connectivity index (χ3v) is 4.18. The molecular weight excluding hydrogens is 324 g/mol. The summed E-state index contributed by atoms with van der Waals surface area (Å²) in [4.78, 5) is 26.0. The smallest absolute Gasteiger partial charge is 0.328 e. The number of hydrogen-bond donors (Lipinski definition) is 1. The van der Waals surface area contributed by atoms with Crippen LogP contribution in [0.5, 0.6) is 0 Å². The van der Waals surface area contributed by atoms with Crippen molar-refractivity contribution in [2.75, 3.05) is 14.1 Å². The second-order valence-electron chi connectivity index (χ2n) is 4.98. The van der Waals surface area contributed by atoms with Crippen LogP contribution < -0.4 is 0 Å². The van der Waals surface area contributed by atoms with E-state index >= 15 is 0 Å². The number of halogens is 1. The molecule has 1 aromatic carbocycles. The van der Waals surface area contributed by atoms with Crippen molar-refractivity contribution in [3.8, 4) is 0 Å². The molecule has 108 valence electrons. The van der Waals surface area contributed by atoms with Gasteiger partial charge in [-0.1, -0.05) is 28.1 Å². The summed E-state index contributed by atoms with van der Waals surface area (Å²) < 4.78 is 1.00. The lowest BCUT2D eigenvalue weighted by Gasteiger charge is -2.38. The van der Waals surface area contributed by atoms with Gasteiger partial charge >= 0.3 is 6.03 Å². The molecule has 5 nitrogen and oxygen atoms in total. The highest BCUT2D eigenvalue weighted by Crippen LogP contribution is 2.24. The molecule has 0 aliphatic carbocycles. The zero-order chi connectivity index (χ0) is 14.9. The monoisotopic (exact) mass is 340 g/mol. The number of aliphatic hydroxyl groups is 1. The van der Waals surface area contributed by atoms with E-state index in [1.807, 2.05) is 24.3 Å². The van der Waals surface area contributed by atoms with E-state index < -0.39 is 18.2 Å². The molecule has 2 rings (SSSR count). The minimum Gasteiger partial charge on any atom is -0.373 e. The maximum absolute atomic E-state index is 12.1. The number of urea groups is 1. The second kappa shape index (κ2) is 5.93. The van der Waals surface area contributed by atoms with E-state index in [0.717, 1.165) is 14.9 Å². The first-order valence-corrected chi connectivity index (χ1v) is 7.18. The average Bonchev–Trinajstić information content (AvgIpc) is 2.45. The molecular formula is C14H17BrN2O3. The van der Waals surface area contributed by atoms with Crippen molar-refractivity contribution in [1.82, 2.24) is 9.80 Å². The largest absolute Gasteiger partial charge is 0.373 e. The molecule has 0 radical (unpaired) electrons. The Bertz CT molecular complexity index is 518. The van der Waals surface area contributed by atoms with Crippen LogP contribution in [0.4, 0.5) is 4.79 Å². The molecule has 0 saturated carbocycles. The van der Waals surface area contributed by atoms with Gasteiger partial charge in [0.1, 0.15) is 6.23 Å². The van der Waals surface area contributed by atoms with E-state index in [1.54, 1.807) is 0 Å². The Morgan fingerprint density at radius 2 is 1.80 bits per heavy atom. The van der Waals surface area contributed by atoms with Crippen molar-refractivity contribution in [1.29, 1.82) is 0 Å². The topological polar surface area (TPSA) is 60.9 Å². The number of carbonyl (C=O) groups is 2. The Morgan fingerprint density at radius 1 is 1.20 bits per heavy atom. The van der Waals surface area contributed by atoms with Gasteiger partial charge in [-0.25, -0.2) is 4.79 Å². The lowest BCUT2D eigenvalue weighted by atomic mass is 9.94. The van der Waals surface area contributed by atoms with Crippen molar-refractivity contribution in [2.24, 2.45) is 5.92 Å². The van der Waals surface area contributed by atoms with Crippen molar-refractivity contribution in [3.05, 3.63) is 34.3 Å². The summed E-state index contributed by atoms with van der Waals surface area (Å²) in [5, 5.41) is 10.1. The molecule has 1 N–H and O–H groups in total. The summed E-state index contributed by atoms with van der Waals surface area (Å²) in [6.45, 7) is 0. The van der Waals surface area contributed by atoms with Gasteiger partial charge in [-0.15, -0.1) is 0 Å². The van der Waals surface area contributed by atoms with Crippen molar-refractivity contribution in [2.45, 2.75) is 19.1 Å². The summed E-state index contributed by atoms with van der Waals surface area (Å²) in [6.07, 6.45) is 0.127. The molecule has 1 heterocycles. The van der Waals surface area contributed by atoms with Crippen LogP contribution in [0.25, 0.3) is 0 Å². The maximum Gasteiger partial charge on any atom is 0.328 e. The molecule has 1 aliphatic heterocycles. The Morgan fingerprint density at radius 3 is 2.40 bits per heavy atom. The van der Waals surface area contributed by atoms with Gasteiger partial charge in [-0.2, -0.15) is 0 Å². The van der Waals surface area contributed by atoms with Gasteiger partial charge in [0.15, 0.2) is 0 Å². The van der Waals surface area contributed by atoms with Crippen LogP contribution in [0.15, 0.2) is 28.7 Å². The van der Waals surface area contributed by atoms with Gasteiger partial charge in [0.2, 0.25) is 5.91 Å². The van der Waals surface area contributed by atoms with E-state index in [-0.39, 0.29) is 5.91 Å². The van der Waals surface area contributed by atoms with Gasteiger partial charge in [0.05, 0.1) is 5.92 Å². The molecule has 0 unspecified atom stereocenters. The molecule has 0 bridgehead atoms. The number of hydrogen-bond acceptors (Lipinski definition) is 3. The molecule has 3 amide bonds. The quantitative estimate of drug-likeness (QED) is 0.913. The standard InChI is InChI=1S/C14H17BrN2O3/c1-16-12(18)11(13(19)17(2)14(16)20)8-5-9-3-6-10(15)7-4-9/h3-4,6-7,11-12,18H,5,8H2,1-2H3/t11-,12+/m0/s1. The molecule has 1 fully saturated rings. The fourth-order valence-corrected chi connectivity index (χ4v) is 2.60. The van der Waals surface area contributed by atoms with Crippen LogP contribution >= 0.6 is 15.9 Å². The predicted octanol–water partition coefficient (Wildman–Crippen LogP) is 1.84. The minimum atomic E-state index is -1.05. The number of aliphatic hydroxyl groups excluding tert-OH is 1. The number of benzene rings is 1. The van der Waals surface area contributed by atoms with E-state index in [0.29, 0.717) is 12.8 Å². The zero-order valence-corrected chi connectivity index (χ0v) is 13.0. The molecule has 20 heavy (non-hydrogen) atoms. The Kier molecular flexibility index (Phi) is 4.45. The van der Waals surface area contributed by atoms with Crippen molar-refractivity contribution < 1.29 is 14.7 Å². The first-order valence-electron chi connectivity index (χ1n) is 6.38. The number of nitrogens with zero attached hydrogens (tertiary/aromatic N) is 2. The molecule has 1 aromatic rings. The lowest BCUT2D eigenvalue weighted by molar-refractivity contribution is -0.146. The van der Waals surface area contributed by atoms with Crippen molar-refractivity contribution >= 4 is 27.9 Å². The van der Waals surface area contributed by atoms with Crippen LogP contribution in [-0.4, -0.2) is 47.2 Å². The summed E-state index contributed by atoms with van der Waals surface area (Å²) in [6, 6.07) is 7.36. The Hall–Kier alpha value is -1.40. The van der Waals surface area contributed by atoms with Gasteiger partial charge in [0.25, 0.3) is 0 Å². The van der Waals surface area contributed by atoms with Crippen molar-refractivity contribution in [3.63, 3.8) is 0 Å². The van der Waals surface area contributed by atoms with Gasteiger partial charge in [-0.05, 0) is 30.5 Å². The third kappa shape index (κ3) is 2.86. The summed E-state index contributed by atoms with van der Waals surface area (Å²) in [5.41, 5.74) is 1.09. The van der Waals surface area contributed by atoms with E-state index in [1.165, 1.54) is 19.0 Å².